The summed E-state index contributed by atoms with van der Waals surface area (Å²) in [6.45, 7) is 0.187. The zero-order valence-corrected chi connectivity index (χ0v) is 12.3. The smallest absolute Gasteiger partial charge is 0.243 e. The van der Waals surface area contributed by atoms with Gasteiger partial charge in [-0.1, -0.05) is 31.7 Å². The summed E-state index contributed by atoms with van der Waals surface area (Å²) in [5.74, 6) is -0.733. The maximum atomic E-state index is 13.8. The van der Waals surface area contributed by atoms with Crippen molar-refractivity contribution in [3.8, 4) is 0 Å². The second kappa shape index (κ2) is 6.65. The van der Waals surface area contributed by atoms with Gasteiger partial charge in [0.1, 0.15) is 10.7 Å². The van der Waals surface area contributed by atoms with Crippen molar-refractivity contribution >= 4 is 10.0 Å². The number of hydrogen-bond acceptors (Lipinski definition) is 3. The van der Waals surface area contributed by atoms with Gasteiger partial charge in [0.25, 0.3) is 0 Å². The number of halogens is 1. The van der Waals surface area contributed by atoms with E-state index in [4.69, 9.17) is 5.73 Å². The van der Waals surface area contributed by atoms with Gasteiger partial charge in [-0.3, -0.25) is 0 Å². The van der Waals surface area contributed by atoms with Crippen LogP contribution in [0, 0.1) is 5.82 Å². The Bertz CT molecular complexity index is 552. The quantitative estimate of drug-likeness (QED) is 0.838. The Morgan fingerprint density at radius 2 is 1.85 bits per heavy atom. The maximum absolute atomic E-state index is 13.8. The van der Waals surface area contributed by atoms with Crippen LogP contribution in [0.1, 0.15) is 44.1 Å². The van der Waals surface area contributed by atoms with E-state index in [1.807, 2.05) is 0 Å². The molecule has 1 aromatic carbocycles. The molecule has 1 aliphatic carbocycles. The van der Waals surface area contributed by atoms with Crippen LogP contribution in [0.15, 0.2) is 23.1 Å². The van der Waals surface area contributed by atoms with Crippen molar-refractivity contribution in [2.45, 2.75) is 56.0 Å². The van der Waals surface area contributed by atoms with Crippen LogP contribution in [0.25, 0.3) is 0 Å². The molecule has 0 unspecified atom stereocenters. The number of benzene rings is 1. The molecule has 6 heteroatoms. The molecule has 2 rings (SSSR count). The number of sulfonamides is 1. The lowest BCUT2D eigenvalue weighted by molar-refractivity contribution is 0.503. The molecule has 0 aliphatic heterocycles. The van der Waals surface area contributed by atoms with Gasteiger partial charge in [-0.05, 0) is 30.5 Å². The highest BCUT2D eigenvalue weighted by Gasteiger charge is 2.24. The van der Waals surface area contributed by atoms with Gasteiger partial charge >= 0.3 is 0 Å². The number of nitrogens with one attached hydrogen (secondary N) is 1. The minimum absolute atomic E-state index is 0.0940. The van der Waals surface area contributed by atoms with Crippen molar-refractivity contribution in [1.29, 1.82) is 0 Å². The minimum Gasteiger partial charge on any atom is -0.326 e. The topological polar surface area (TPSA) is 72.2 Å². The molecular weight excluding hydrogens is 279 g/mol. The fourth-order valence-electron chi connectivity index (χ4n) is 2.56. The maximum Gasteiger partial charge on any atom is 0.243 e. The molecule has 1 saturated carbocycles. The normalized spacial score (nSPS) is 17.9. The Labute approximate surface area is 119 Å². The van der Waals surface area contributed by atoms with Gasteiger partial charge in [0.15, 0.2) is 0 Å². The second-order valence-corrected chi connectivity index (χ2v) is 6.96. The van der Waals surface area contributed by atoms with E-state index in [1.165, 1.54) is 12.1 Å². The van der Waals surface area contributed by atoms with Crippen molar-refractivity contribution in [3.05, 3.63) is 29.6 Å². The van der Waals surface area contributed by atoms with Crippen molar-refractivity contribution in [2.24, 2.45) is 5.73 Å². The van der Waals surface area contributed by atoms with Gasteiger partial charge in [-0.25, -0.2) is 17.5 Å². The van der Waals surface area contributed by atoms with Crippen LogP contribution in [0.2, 0.25) is 0 Å². The average molecular weight is 300 g/mol. The van der Waals surface area contributed by atoms with E-state index in [1.54, 1.807) is 0 Å². The molecule has 0 bridgehead atoms. The van der Waals surface area contributed by atoms with Crippen molar-refractivity contribution in [2.75, 3.05) is 0 Å². The average Bonchev–Trinajstić information content (AvgIpc) is 2.67. The van der Waals surface area contributed by atoms with Crippen LogP contribution in [0.4, 0.5) is 4.39 Å². The first kappa shape index (κ1) is 15.4. The molecule has 1 aromatic rings. The van der Waals surface area contributed by atoms with Gasteiger partial charge in [0, 0.05) is 12.6 Å². The Morgan fingerprint density at radius 1 is 1.20 bits per heavy atom. The van der Waals surface area contributed by atoms with E-state index < -0.39 is 15.8 Å². The van der Waals surface area contributed by atoms with Crippen LogP contribution in [0.3, 0.4) is 0 Å². The first-order valence-corrected chi connectivity index (χ1v) is 8.52. The van der Waals surface area contributed by atoms with E-state index in [9.17, 15) is 12.8 Å². The lowest BCUT2D eigenvalue weighted by Crippen LogP contribution is -2.35. The molecule has 3 N–H and O–H groups in total. The molecular formula is C14H21FN2O2S. The molecule has 4 nitrogen and oxygen atoms in total. The van der Waals surface area contributed by atoms with E-state index >= 15 is 0 Å². The third kappa shape index (κ3) is 3.77. The Balaban J connectivity index is 2.21. The lowest BCUT2D eigenvalue weighted by Gasteiger charge is -2.17. The predicted octanol–water partition coefficient (Wildman–Crippen LogP) is 2.29. The largest absolute Gasteiger partial charge is 0.326 e. The van der Waals surface area contributed by atoms with E-state index in [2.05, 4.69) is 4.72 Å². The Hall–Kier alpha value is -0.980. The number of nitrogens with two attached hydrogens (primary N) is 1. The summed E-state index contributed by atoms with van der Waals surface area (Å²) >= 11 is 0. The van der Waals surface area contributed by atoms with Gasteiger partial charge < -0.3 is 5.73 Å². The number of hydrogen-bond donors (Lipinski definition) is 2. The van der Waals surface area contributed by atoms with Crippen LogP contribution in [0.5, 0.6) is 0 Å². The van der Waals surface area contributed by atoms with E-state index in [-0.39, 0.29) is 17.5 Å². The van der Waals surface area contributed by atoms with Gasteiger partial charge in [0.2, 0.25) is 10.0 Å². The van der Waals surface area contributed by atoms with Crippen molar-refractivity contribution in [1.82, 2.24) is 4.72 Å². The van der Waals surface area contributed by atoms with Crippen LogP contribution in [-0.4, -0.2) is 14.5 Å². The third-order valence-electron chi connectivity index (χ3n) is 3.70. The van der Waals surface area contributed by atoms with Crippen LogP contribution in [-0.2, 0) is 16.6 Å². The third-order valence-corrected chi connectivity index (χ3v) is 5.23. The first-order valence-electron chi connectivity index (χ1n) is 7.04. The zero-order valence-electron chi connectivity index (χ0n) is 11.4. The summed E-state index contributed by atoms with van der Waals surface area (Å²) < 4.78 is 41.0. The SMILES string of the molecule is NCc1ccc(F)c(S(=O)(=O)NC2CCCCCC2)c1. The molecule has 112 valence electrons. The van der Waals surface area contributed by atoms with E-state index in [0.29, 0.717) is 5.56 Å². The molecule has 0 radical (unpaired) electrons. The summed E-state index contributed by atoms with van der Waals surface area (Å²) in [5, 5.41) is 0. The Kier molecular flexibility index (Phi) is 5.12. The van der Waals surface area contributed by atoms with Gasteiger partial charge in [-0.2, -0.15) is 0 Å². The Morgan fingerprint density at radius 3 is 2.45 bits per heavy atom. The van der Waals surface area contributed by atoms with E-state index in [0.717, 1.165) is 44.6 Å². The monoisotopic (exact) mass is 300 g/mol. The highest BCUT2D eigenvalue weighted by molar-refractivity contribution is 7.89. The fourth-order valence-corrected chi connectivity index (χ4v) is 3.99. The molecule has 1 aliphatic rings. The van der Waals surface area contributed by atoms with Gasteiger partial charge in [-0.15, -0.1) is 0 Å². The highest BCUT2D eigenvalue weighted by atomic mass is 32.2. The summed E-state index contributed by atoms with van der Waals surface area (Å²) in [4.78, 5) is -0.301. The standard InChI is InChI=1S/C14H21FN2O2S/c15-13-8-7-11(10-16)9-14(13)20(18,19)17-12-5-3-1-2-4-6-12/h7-9,12,17H,1-6,10,16H2. The summed E-state index contributed by atoms with van der Waals surface area (Å²) in [5.41, 5.74) is 6.08. The van der Waals surface area contributed by atoms with Crippen LogP contribution < -0.4 is 10.5 Å². The van der Waals surface area contributed by atoms with Crippen molar-refractivity contribution < 1.29 is 12.8 Å². The highest BCUT2D eigenvalue weighted by Crippen LogP contribution is 2.21. The molecule has 20 heavy (non-hydrogen) atoms. The molecule has 0 spiro atoms. The molecule has 0 aromatic heterocycles. The first-order chi connectivity index (χ1) is 9.53. The molecule has 0 atom stereocenters. The second-order valence-electron chi connectivity index (χ2n) is 5.28. The molecule has 1 fully saturated rings. The number of rotatable bonds is 4. The molecule has 0 saturated heterocycles. The summed E-state index contributed by atoms with van der Waals surface area (Å²) in [6.07, 6.45) is 5.93. The van der Waals surface area contributed by atoms with Crippen molar-refractivity contribution in [3.63, 3.8) is 0 Å². The minimum atomic E-state index is -3.82. The summed E-state index contributed by atoms with van der Waals surface area (Å²) in [6, 6.07) is 3.88. The molecule has 0 heterocycles. The fraction of sp³-hybridized carbons (Fsp3) is 0.571. The predicted molar refractivity (Wildman–Crippen MR) is 76.1 cm³/mol. The summed E-state index contributed by atoms with van der Waals surface area (Å²) in [7, 11) is -3.82. The molecule has 0 amide bonds. The van der Waals surface area contributed by atoms with Crippen LogP contribution >= 0.6 is 0 Å². The van der Waals surface area contributed by atoms with Gasteiger partial charge in [0.05, 0.1) is 0 Å². The lowest BCUT2D eigenvalue weighted by atomic mass is 10.1. The zero-order chi connectivity index (χ0) is 14.6.